The van der Waals surface area contributed by atoms with Crippen LogP contribution in [0.1, 0.15) is 0 Å². The van der Waals surface area contributed by atoms with Gasteiger partial charge in [-0.1, -0.05) is 0 Å². The van der Waals surface area contributed by atoms with Gasteiger partial charge in [0.25, 0.3) is 0 Å². The minimum atomic E-state index is -8.12. The number of hydrogen-bond acceptors (Lipinski definition) is 6. The maximum Gasteiger partial charge on any atom is 2.00 e. The van der Waals surface area contributed by atoms with Crippen LogP contribution in [0.15, 0.2) is 0 Å². The van der Waals surface area contributed by atoms with Crippen molar-refractivity contribution in [2.24, 2.45) is 0 Å². The summed E-state index contributed by atoms with van der Waals surface area (Å²) in [6.45, 7) is 0. The summed E-state index contributed by atoms with van der Waals surface area (Å²) in [6.07, 6.45) is 0. The minimum absolute atomic E-state index is 0. The summed E-state index contributed by atoms with van der Waals surface area (Å²) in [5.41, 5.74) is 0. The molecule has 0 aliphatic heterocycles. The predicted octanol–water partition coefficient (Wildman–Crippen LogP) is -3.35. The molecule has 0 rings (SSSR count). The van der Waals surface area contributed by atoms with E-state index < -0.39 is 15.8 Å². The molecule has 0 saturated carbocycles. The fraction of sp³-hybridized carbons (Fsp3) is 0. The van der Waals surface area contributed by atoms with Crippen molar-refractivity contribution in [3.63, 3.8) is 0 Å². The Morgan fingerprint density at radius 1 is 0.625 bits per heavy atom. The first kappa shape index (κ1) is 11.9. The third-order valence-electron chi connectivity index (χ3n) is 0. The Hall–Kier alpha value is 1.14. The van der Waals surface area contributed by atoms with Crippen molar-refractivity contribution in [2.75, 3.05) is 0 Å². The zero-order valence-electron chi connectivity index (χ0n) is 3.32. The summed E-state index contributed by atoms with van der Waals surface area (Å²) in [5, 5.41) is 0. The minimum Gasteiger partial charge on any atom is 2.00 e. The normalized spacial score (nSPS) is 20.2. The molecular weight excluding hydrogens is 486 g/mol. The van der Waals surface area contributed by atoms with Crippen molar-refractivity contribution in [3.05, 3.63) is 0 Å². The Balaban J connectivity index is 0. The molecule has 0 heterocycles. The second-order valence-corrected chi connectivity index (χ2v) is 7.77. The Labute approximate surface area is 59.5 Å². The van der Waals surface area contributed by atoms with E-state index in [0.29, 0.717) is 0 Å². The Bertz CT molecular complexity index is 65.1. The van der Waals surface area contributed by atoms with Crippen molar-refractivity contribution in [1.82, 2.24) is 0 Å². The molecule has 6 N–H and O–H groups in total. The van der Waals surface area contributed by atoms with E-state index >= 15 is 0 Å². The summed E-state index contributed by atoms with van der Waals surface area (Å²) < 4.78 is 44.5. The molecule has 0 amide bonds. The molecule has 0 bridgehead atoms. The third kappa shape index (κ3) is 208. The van der Waals surface area contributed by atoms with Gasteiger partial charge >= 0.3 is 59.5 Å². The van der Waals surface area contributed by atoms with Gasteiger partial charge in [-0.15, -0.1) is 0 Å². The SMILES string of the molecule is [OH][Pt-2]([OH])([OH])([OH])([OH])[OH].[Pt+2]. The molecule has 0 aliphatic rings. The second kappa shape index (κ2) is 1.59. The molecule has 0 spiro atoms. The number of hydrogen-bond donors (Lipinski definition) is 6. The molecule has 0 aromatic rings. The topological polar surface area (TPSA) is 121 Å². The largest absolute Gasteiger partial charge is 2.00 e. The summed E-state index contributed by atoms with van der Waals surface area (Å²) in [7, 11) is 0. The van der Waals surface area contributed by atoms with Gasteiger partial charge in [0.2, 0.25) is 0 Å². The molecule has 0 unspecified atom stereocenters. The van der Waals surface area contributed by atoms with E-state index in [4.69, 9.17) is 22.6 Å². The summed E-state index contributed by atoms with van der Waals surface area (Å²) in [5.74, 6) is 0. The maximum absolute atomic E-state index is 8.12. The van der Waals surface area contributed by atoms with Gasteiger partial charge in [-0.2, -0.15) is 0 Å². The van der Waals surface area contributed by atoms with E-state index in [2.05, 4.69) is 0 Å². The molecule has 0 aliphatic carbocycles. The van der Waals surface area contributed by atoms with Crippen LogP contribution < -0.4 is 0 Å². The van der Waals surface area contributed by atoms with Gasteiger partial charge in [-0.25, -0.2) is 0 Å². The zero-order valence-corrected chi connectivity index (χ0v) is 7.86. The molecule has 62 valence electrons. The van der Waals surface area contributed by atoms with Gasteiger partial charge < -0.3 is 0 Å². The van der Waals surface area contributed by atoms with Crippen molar-refractivity contribution in [2.45, 2.75) is 0 Å². The van der Waals surface area contributed by atoms with E-state index in [1.165, 1.54) is 0 Å². The Kier molecular flexibility index (Phi) is 2.36. The Morgan fingerprint density at radius 3 is 0.625 bits per heavy atom. The van der Waals surface area contributed by atoms with Gasteiger partial charge in [-0.3, -0.25) is 0 Å². The van der Waals surface area contributed by atoms with Gasteiger partial charge in [-0.05, 0) is 0 Å². The molecule has 0 radical (unpaired) electrons. The van der Waals surface area contributed by atoms with E-state index in [-0.39, 0.29) is 21.1 Å². The first-order chi connectivity index (χ1) is 2.45. The molecule has 0 aromatic heterocycles. The van der Waals surface area contributed by atoms with E-state index in [1.54, 1.807) is 0 Å². The van der Waals surface area contributed by atoms with Crippen molar-refractivity contribution in [3.8, 4) is 0 Å². The first-order valence-corrected chi connectivity index (χ1v) is 6.95. The maximum atomic E-state index is 7.41. The van der Waals surface area contributed by atoms with Gasteiger partial charge in [0, 0.05) is 0 Å². The van der Waals surface area contributed by atoms with E-state index in [0.717, 1.165) is 0 Å². The second-order valence-electron chi connectivity index (χ2n) is 0.949. The predicted molar refractivity (Wildman–Crippen MR) is 13.3 cm³/mol. The molecule has 0 fully saturated rings. The summed E-state index contributed by atoms with van der Waals surface area (Å²) in [6, 6.07) is 0. The molecule has 8 heavy (non-hydrogen) atoms. The third-order valence-corrected chi connectivity index (χ3v) is 0. The smallest absolute Gasteiger partial charge is 2.00 e. The van der Waals surface area contributed by atoms with Crippen LogP contribution >= 0.6 is 0 Å². The monoisotopic (exact) mass is 492 g/mol. The average molecular weight is 492 g/mol. The van der Waals surface area contributed by atoms with Crippen LogP contribution in [0.4, 0.5) is 0 Å². The van der Waals surface area contributed by atoms with Crippen molar-refractivity contribution in [1.29, 1.82) is 0 Å². The first-order valence-electron chi connectivity index (χ1n) is 0.849. The molecule has 0 atom stereocenters. The summed E-state index contributed by atoms with van der Waals surface area (Å²) >= 11 is -8.12. The van der Waals surface area contributed by atoms with Crippen molar-refractivity contribution < 1.29 is 59.5 Å². The van der Waals surface area contributed by atoms with Crippen LogP contribution in [0.25, 0.3) is 0 Å². The standard InChI is InChI=1S/6H2O.2Pt/h6*1H2;;/q;;;;;;+2;+4/p-6. The van der Waals surface area contributed by atoms with E-state index in [1.807, 2.05) is 0 Å². The van der Waals surface area contributed by atoms with Crippen LogP contribution in [-0.2, 0) is 36.9 Å². The van der Waals surface area contributed by atoms with Gasteiger partial charge in [0.1, 0.15) is 0 Å². The van der Waals surface area contributed by atoms with Crippen molar-refractivity contribution >= 4 is 0 Å². The molecule has 0 aromatic carbocycles. The van der Waals surface area contributed by atoms with Crippen LogP contribution in [0.5, 0.6) is 0 Å². The molecule has 8 heteroatoms. The number of rotatable bonds is 0. The molecule has 6 nitrogen and oxygen atoms in total. The zero-order chi connectivity index (χ0) is 6.41. The van der Waals surface area contributed by atoms with Gasteiger partial charge in [0.05, 0.1) is 0 Å². The molecule has 0 saturated heterocycles. The average Bonchev–Trinajstić information content (AvgIpc) is 0.592. The fourth-order valence-corrected chi connectivity index (χ4v) is 0. The fourth-order valence-electron chi connectivity index (χ4n) is 0. The van der Waals surface area contributed by atoms with E-state index in [9.17, 15) is 0 Å². The molecular formula is H6O6Pt2. The van der Waals surface area contributed by atoms with Crippen LogP contribution in [0, 0.1) is 0 Å². The summed E-state index contributed by atoms with van der Waals surface area (Å²) in [4.78, 5) is 0. The van der Waals surface area contributed by atoms with Gasteiger partial charge in [0.15, 0.2) is 0 Å². The van der Waals surface area contributed by atoms with Crippen LogP contribution in [-0.4, -0.2) is 22.6 Å². The van der Waals surface area contributed by atoms with Crippen LogP contribution in [0.3, 0.4) is 0 Å². The van der Waals surface area contributed by atoms with Crippen LogP contribution in [0.2, 0.25) is 0 Å². The Morgan fingerprint density at radius 2 is 0.625 bits per heavy atom. The quantitative estimate of drug-likeness (QED) is 0.211.